The lowest BCUT2D eigenvalue weighted by Gasteiger charge is -1.98. The predicted octanol–water partition coefficient (Wildman–Crippen LogP) is 1.40. The Morgan fingerprint density at radius 3 is 1.70 bits per heavy atom. The maximum Gasteiger partial charge on any atom is 0.313 e. The standard InChI is InChI=1S/C7H12O3S.C6H10O3/c1-3-10-7(9)4-6(8)5-11-2;1-3-9-6(8)4-5(2)7/h3-5H2,1-2H3;3-4H2,1-2H3. The number of thioether (sulfide) groups is 1. The summed E-state index contributed by atoms with van der Waals surface area (Å²) in [6, 6.07) is 0. The first kappa shape index (κ1) is 20.9. The van der Waals surface area contributed by atoms with Crippen molar-refractivity contribution in [2.75, 3.05) is 25.2 Å². The molecule has 116 valence electrons. The average molecular weight is 306 g/mol. The molecule has 0 fully saturated rings. The molecule has 0 rings (SSSR count). The lowest BCUT2D eigenvalue weighted by atomic mass is 10.3. The molecular formula is C13H22O6S. The third-order valence-corrected chi connectivity index (χ3v) is 2.26. The summed E-state index contributed by atoms with van der Waals surface area (Å²) in [4.78, 5) is 42.1. The van der Waals surface area contributed by atoms with Crippen LogP contribution in [0.4, 0.5) is 0 Å². The van der Waals surface area contributed by atoms with Crippen molar-refractivity contribution in [2.45, 2.75) is 33.6 Å². The highest BCUT2D eigenvalue weighted by atomic mass is 32.2. The van der Waals surface area contributed by atoms with E-state index in [2.05, 4.69) is 9.47 Å². The molecule has 0 aliphatic carbocycles. The molecule has 0 aliphatic rings. The van der Waals surface area contributed by atoms with Crippen LogP contribution in [0.2, 0.25) is 0 Å². The highest BCUT2D eigenvalue weighted by Crippen LogP contribution is 1.96. The van der Waals surface area contributed by atoms with Gasteiger partial charge in [0, 0.05) is 0 Å². The molecule has 0 unspecified atom stereocenters. The van der Waals surface area contributed by atoms with Crippen molar-refractivity contribution in [2.24, 2.45) is 0 Å². The fraction of sp³-hybridized carbons (Fsp3) is 0.692. The maximum absolute atomic E-state index is 10.8. The number of Topliss-reactive ketones (excluding diaryl/α,β-unsaturated/α-hetero) is 2. The van der Waals surface area contributed by atoms with E-state index in [0.29, 0.717) is 19.0 Å². The fourth-order valence-corrected chi connectivity index (χ4v) is 1.42. The zero-order valence-corrected chi connectivity index (χ0v) is 13.2. The molecule has 0 N–H and O–H groups in total. The van der Waals surface area contributed by atoms with Crippen molar-refractivity contribution in [1.82, 2.24) is 0 Å². The van der Waals surface area contributed by atoms with Gasteiger partial charge >= 0.3 is 11.9 Å². The van der Waals surface area contributed by atoms with Gasteiger partial charge in [0.1, 0.15) is 18.6 Å². The van der Waals surface area contributed by atoms with Crippen LogP contribution in [0.3, 0.4) is 0 Å². The number of carbonyl (C=O) groups excluding carboxylic acids is 4. The van der Waals surface area contributed by atoms with Crippen LogP contribution in [0.1, 0.15) is 33.6 Å². The minimum absolute atomic E-state index is 0.0732. The molecule has 7 heteroatoms. The van der Waals surface area contributed by atoms with E-state index in [1.165, 1.54) is 18.7 Å². The molecule has 0 amide bonds. The molecular weight excluding hydrogens is 284 g/mol. The normalized spacial score (nSPS) is 9.00. The third-order valence-electron chi connectivity index (χ3n) is 1.65. The number of rotatable bonds is 8. The van der Waals surface area contributed by atoms with Gasteiger partial charge in [0.25, 0.3) is 0 Å². The van der Waals surface area contributed by atoms with Gasteiger partial charge < -0.3 is 9.47 Å². The van der Waals surface area contributed by atoms with E-state index in [0.717, 1.165) is 0 Å². The van der Waals surface area contributed by atoms with Crippen LogP contribution in [0.5, 0.6) is 0 Å². The van der Waals surface area contributed by atoms with E-state index in [1.54, 1.807) is 13.8 Å². The van der Waals surface area contributed by atoms with Crippen molar-refractivity contribution < 1.29 is 28.7 Å². The van der Waals surface area contributed by atoms with E-state index < -0.39 is 11.9 Å². The second-order valence-electron chi connectivity index (χ2n) is 3.64. The van der Waals surface area contributed by atoms with E-state index in [4.69, 9.17) is 0 Å². The Hall–Kier alpha value is -1.37. The molecule has 0 saturated carbocycles. The molecule has 20 heavy (non-hydrogen) atoms. The quantitative estimate of drug-likeness (QED) is 0.495. The Morgan fingerprint density at radius 1 is 0.900 bits per heavy atom. The first-order chi connectivity index (χ1) is 9.37. The lowest BCUT2D eigenvalue weighted by molar-refractivity contribution is -0.146. The minimum atomic E-state index is -0.440. The van der Waals surface area contributed by atoms with Gasteiger partial charge in [0.2, 0.25) is 0 Å². The predicted molar refractivity (Wildman–Crippen MR) is 76.6 cm³/mol. The lowest BCUT2D eigenvalue weighted by Crippen LogP contribution is -2.12. The number of hydrogen-bond donors (Lipinski definition) is 0. The van der Waals surface area contributed by atoms with Gasteiger partial charge in [-0.25, -0.2) is 0 Å². The van der Waals surface area contributed by atoms with Gasteiger partial charge in [-0.15, -0.1) is 0 Å². The maximum atomic E-state index is 10.8. The topological polar surface area (TPSA) is 86.7 Å². The molecule has 0 heterocycles. The molecule has 0 aromatic heterocycles. The van der Waals surface area contributed by atoms with E-state index in [1.807, 2.05) is 6.26 Å². The summed E-state index contributed by atoms with van der Waals surface area (Å²) in [7, 11) is 0. The van der Waals surface area contributed by atoms with Crippen LogP contribution in [0, 0.1) is 0 Å². The Bertz CT molecular complexity index is 311. The SMILES string of the molecule is CCOC(=O)CC(=O)CSC.CCOC(=O)CC(C)=O. The van der Waals surface area contributed by atoms with Crippen molar-refractivity contribution in [1.29, 1.82) is 0 Å². The van der Waals surface area contributed by atoms with Gasteiger partial charge in [-0.1, -0.05) is 0 Å². The number of carbonyl (C=O) groups is 4. The van der Waals surface area contributed by atoms with Crippen molar-refractivity contribution in [3.63, 3.8) is 0 Å². The van der Waals surface area contributed by atoms with E-state index in [9.17, 15) is 19.2 Å². The first-order valence-corrected chi connectivity index (χ1v) is 7.57. The Balaban J connectivity index is 0. The van der Waals surface area contributed by atoms with Crippen molar-refractivity contribution in [3.8, 4) is 0 Å². The summed E-state index contributed by atoms with van der Waals surface area (Å²) >= 11 is 1.41. The van der Waals surface area contributed by atoms with Crippen LogP contribution >= 0.6 is 11.8 Å². The van der Waals surface area contributed by atoms with E-state index in [-0.39, 0.29) is 24.4 Å². The monoisotopic (exact) mass is 306 g/mol. The molecule has 0 spiro atoms. The first-order valence-electron chi connectivity index (χ1n) is 6.18. The largest absolute Gasteiger partial charge is 0.466 e. The van der Waals surface area contributed by atoms with Crippen LogP contribution in [-0.2, 0) is 28.7 Å². The third kappa shape index (κ3) is 16.6. The van der Waals surface area contributed by atoms with Crippen LogP contribution < -0.4 is 0 Å². The van der Waals surface area contributed by atoms with Crippen LogP contribution in [0.15, 0.2) is 0 Å². The molecule has 6 nitrogen and oxygen atoms in total. The average Bonchev–Trinajstić information content (AvgIpc) is 2.29. The molecule has 0 radical (unpaired) electrons. The van der Waals surface area contributed by atoms with Gasteiger partial charge in [-0.3, -0.25) is 19.2 Å². The number of esters is 2. The van der Waals surface area contributed by atoms with Crippen LogP contribution in [0.25, 0.3) is 0 Å². The summed E-state index contributed by atoms with van der Waals surface area (Å²) in [5.74, 6) is -0.709. The Labute approximate surface area is 123 Å². The summed E-state index contributed by atoms with van der Waals surface area (Å²) in [6.07, 6.45) is 1.63. The smallest absolute Gasteiger partial charge is 0.313 e. The van der Waals surface area contributed by atoms with Gasteiger partial charge in [-0.05, 0) is 27.0 Å². The summed E-state index contributed by atoms with van der Waals surface area (Å²) in [6.45, 7) is 5.46. The molecule has 0 bridgehead atoms. The van der Waals surface area contributed by atoms with Crippen molar-refractivity contribution >= 4 is 35.3 Å². The van der Waals surface area contributed by atoms with Gasteiger partial charge in [0.15, 0.2) is 5.78 Å². The minimum Gasteiger partial charge on any atom is -0.466 e. The molecule has 0 atom stereocenters. The van der Waals surface area contributed by atoms with Gasteiger partial charge in [0.05, 0.1) is 19.0 Å². The second-order valence-corrected chi connectivity index (χ2v) is 4.50. The van der Waals surface area contributed by atoms with Crippen molar-refractivity contribution in [3.05, 3.63) is 0 Å². The Morgan fingerprint density at radius 2 is 1.35 bits per heavy atom. The number of hydrogen-bond acceptors (Lipinski definition) is 7. The number of ketones is 2. The number of ether oxygens (including phenoxy) is 2. The summed E-state index contributed by atoms with van der Waals surface area (Å²) < 4.78 is 9.08. The zero-order valence-electron chi connectivity index (χ0n) is 12.4. The fourth-order valence-electron chi connectivity index (χ4n) is 1.00. The van der Waals surface area contributed by atoms with Gasteiger partial charge in [-0.2, -0.15) is 11.8 Å². The second kappa shape index (κ2) is 14.0. The molecule has 0 aliphatic heterocycles. The highest BCUT2D eigenvalue weighted by molar-refractivity contribution is 7.99. The molecule has 0 saturated heterocycles. The van der Waals surface area contributed by atoms with E-state index >= 15 is 0 Å². The highest BCUT2D eigenvalue weighted by Gasteiger charge is 2.08. The van der Waals surface area contributed by atoms with Crippen LogP contribution in [-0.4, -0.2) is 48.7 Å². The zero-order chi connectivity index (χ0) is 16.0. The Kier molecular flexibility index (Phi) is 14.7. The molecule has 0 aromatic rings. The molecule has 0 aromatic carbocycles. The summed E-state index contributed by atoms with van der Waals surface area (Å²) in [5, 5.41) is 0. The summed E-state index contributed by atoms with van der Waals surface area (Å²) in [5.41, 5.74) is 0.